The average molecular weight is 277 g/mol. The van der Waals surface area contributed by atoms with E-state index in [1.807, 2.05) is 20.8 Å². The van der Waals surface area contributed by atoms with Crippen LogP contribution in [0.2, 0.25) is 0 Å². The van der Waals surface area contributed by atoms with E-state index in [-0.39, 0.29) is 24.5 Å². The Bertz CT molecular complexity index is 170. The summed E-state index contributed by atoms with van der Waals surface area (Å²) < 4.78 is 0. The van der Waals surface area contributed by atoms with Crippen molar-refractivity contribution in [1.82, 2.24) is 0 Å². The Morgan fingerprint density at radius 1 is 0.647 bits per heavy atom. The summed E-state index contributed by atoms with van der Waals surface area (Å²) in [6, 6.07) is 0. The molecule has 0 aromatic rings. The number of hydrogen-bond acceptors (Lipinski definition) is 0. The monoisotopic (exact) mass is 277 g/mol. The fourth-order valence-corrected chi connectivity index (χ4v) is 0.335. The van der Waals surface area contributed by atoms with Gasteiger partial charge in [0.05, 0.1) is 0 Å². The van der Waals surface area contributed by atoms with Crippen LogP contribution in [0.15, 0.2) is 0 Å². The molecule has 0 amide bonds. The van der Waals surface area contributed by atoms with Crippen molar-refractivity contribution in [2.24, 2.45) is 0 Å². The summed E-state index contributed by atoms with van der Waals surface area (Å²) in [6.45, 7) is 26.7. The molecule has 0 fully saturated rings. The minimum atomic E-state index is 0. The zero-order chi connectivity index (χ0) is 12.4. The van der Waals surface area contributed by atoms with Gasteiger partial charge in [0.15, 0.2) is 0 Å². The molecule has 17 heavy (non-hydrogen) atoms. The van der Waals surface area contributed by atoms with Gasteiger partial charge in [-0.3, -0.25) is 0 Å². The Morgan fingerprint density at radius 2 is 0.824 bits per heavy atom. The zero-order valence-electron chi connectivity index (χ0n) is 11.5. The van der Waals surface area contributed by atoms with Gasteiger partial charge in [-0.1, -0.05) is 20.8 Å². The van der Waals surface area contributed by atoms with E-state index in [4.69, 9.17) is 19.7 Å². The first-order valence-corrected chi connectivity index (χ1v) is 5.24. The van der Waals surface area contributed by atoms with Gasteiger partial charge in [0.1, 0.15) is 0 Å². The molecule has 0 heterocycles. The quantitative estimate of drug-likeness (QED) is 0.536. The zero-order valence-corrected chi connectivity index (χ0v) is 12.6. The van der Waals surface area contributed by atoms with E-state index in [9.17, 15) is 0 Å². The summed E-state index contributed by atoms with van der Waals surface area (Å²) in [5.74, 6) is 0. The molecule has 0 atom stereocenters. The Labute approximate surface area is 119 Å². The summed E-state index contributed by atoms with van der Waals surface area (Å²) in [6.07, 6.45) is 2.97. The third-order valence-electron chi connectivity index (χ3n) is 1.01. The molecule has 99 valence electrons. The van der Waals surface area contributed by atoms with Crippen LogP contribution in [0, 0.1) is 27.1 Å². The standard InChI is InChI=1S/3C4H7N.CH3.Mn/c3*1-3-4-5-2;;/h3*3-4H2,1H3;1H3;/q;;;-1;. The van der Waals surface area contributed by atoms with Crippen LogP contribution in [-0.2, 0) is 17.1 Å². The molecule has 0 N–H and O–H groups in total. The van der Waals surface area contributed by atoms with Gasteiger partial charge < -0.3 is 22.0 Å². The summed E-state index contributed by atoms with van der Waals surface area (Å²) >= 11 is 0. The Balaban J connectivity index is -0.0000000400. The molecule has 0 aliphatic rings. The Hall–Kier alpha value is -1.01. The van der Waals surface area contributed by atoms with Crippen molar-refractivity contribution in [3.8, 4) is 0 Å². The molecule has 0 spiro atoms. The molecule has 1 radical (unpaired) electrons. The third-order valence-corrected chi connectivity index (χ3v) is 1.01. The minimum absolute atomic E-state index is 0. The molecular weight excluding hydrogens is 253 g/mol. The van der Waals surface area contributed by atoms with Crippen LogP contribution >= 0.6 is 0 Å². The van der Waals surface area contributed by atoms with Gasteiger partial charge in [0, 0.05) is 36.3 Å². The Morgan fingerprint density at radius 3 is 0.824 bits per heavy atom. The van der Waals surface area contributed by atoms with E-state index >= 15 is 0 Å². The van der Waals surface area contributed by atoms with Crippen LogP contribution in [0.5, 0.6) is 0 Å². The molecule has 0 rings (SSSR count). The third kappa shape index (κ3) is 102. The van der Waals surface area contributed by atoms with Crippen molar-refractivity contribution < 1.29 is 17.1 Å². The van der Waals surface area contributed by atoms with Gasteiger partial charge in [-0.05, 0) is 0 Å². The summed E-state index contributed by atoms with van der Waals surface area (Å²) in [5.41, 5.74) is 0. The van der Waals surface area contributed by atoms with E-state index in [1.54, 1.807) is 0 Å². The van der Waals surface area contributed by atoms with Gasteiger partial charge >= 0.3 is 0 Å². The van der Waals surface area contributed by atoms with Crippen molar-refractivity contribution in [2.45, 2.75) is 40.0 Å². The van der Waals surface area contributed by atoms with Crippen molar-refractivity contribution in [2.75, 3.05) is 19.6 Å². The van der Waals surface area contributed by atoms with Crippen LogP contribution < -0.4 is 0 Å². The topological polar surface area (TPSA) is 13.1 Å². The van der Waals surface area contributed by atoms with Crippen molar-refractivity contribution in [1.29, 1.82) is 0 Å². The molecule has 0 saturated carbocycles. The number of nitrogens with zero attached hydrogens (tertiary/aromatic N) is 3. The van der Waals surface area contributed by atoms with Crippen molar-refractivity contribution in [3.63, 3.8) is 0 Å². The van der Waals surface area contributed by atoms with Gasteiger partial charge in [0.2, 0.25) is 19.6 Å². The molecule has 0 aromatic carbocycles. The predicted molar refractivity (Wildman–Crippen MR) is 71.7 cm³/mol. The molecule has 0 aliphatic heterocycles. The maximum Gasteiger partial charge on any atom is 0.214 e. The van der Waals surface area contributed by atoms with E-state index in [1.165, 1.54) is 0 Å². The first kappa shape index (κ1) is 29.7. The largest absolute Gasteiger partial charge is 0.358 e. The van der Waals surface area contributed by atoms with Crippen LogP contribution in [0.25, 0.3) is 14.5 Å². The van der Waals surface area contributed by atoms with E-state index < -0.39 is 0 Å². The number of rotatable bonds is 3. The normalized spacial score (nSPS) is 5.65. The molecule has 0 aliphatic carbocycles. The average Bonchev–Trinajstić information content (AvgIpc) is 2.23. The fraction of sp³-hybridized carbons (Fsp3) is 0.692. The SMILES string of the molecule is [C-]#[N+]CCC.[C-]#[N+]CCC.[C-]#[N+]CCC.[CH3-].[Mn]. The van der Waals surface area contributed by atoms with Crippen molar-refractivity contribution in [3.05, 3.63) is 41.7 Å². The second-order valence-electron chi connectivity index (χ2n) is 2.65. The van der Waals surface area contributed by atoms with Gasteiger partial charge in [-0.2, -0.15) is 0 Å². The van der Waals surface area contributed by atoms with Crippen LogP contribution in [0.1, 0.15) is 40.0 Å². The van der Waals surface area contributed by atoms with Crippen LogP contribution in [-0.4, -0.2) is 19.6 Å². The van der Waals surface area contributed by atoms with Gasteiger partial charge in [-0.15, -0.1) is 0 Å². The molecule has 3 nitrogen and oxygen atoms in total. The van der Waals surface area contributed by atoms with E-state index in [2.05, 4.69) is 14.5 Å². The van der Waals surface area contributed by atoms with Crippen LogP contribution in [0.4, 0.5) is 0 Å². The maximum atomic E-state index is 6.23. The molecule has 0 saturated heterocycles. The van der Waals surface area contributed by atoms with Gasteiger partial charge in [0.25, 0.3) is 0 Å². The molecule has 0 unspecified atom stereocenters. The minimum Gasteiger partial charge on any atom is -0.358 e. The first-order chi connectivity index (χ1) is 7.24. The van der Waals surface area contributed by atoms with Crippen molar-refractivity contribution >= 4 is 0 Å². The van der Waals surface area contributed by atoms with E-state index in [0.717, 1.165) is 19.3 Å². The summed E-state index contributed by atoms with van der Waals surface area (Å²) in [5, 5.41) is 0. The predicted octanol–water partition coefficient (Wildman–Crippen LogP) is 4.39. The summed E-state index contributed by atoms with van der Waals surface area (Å²) in [7, 11) is 0. The fourth-order valence-electron chi connectivity index (χ4n) is 0.335. The molecule has 4 heteroatoms. The molecular formula is C13H24MnN3-. The smallest absolute Gasteiger partial charge is 0.214 e. The second kappa shape index (κ2) is 46.0. The Kier molecular flexibility index (Phi) is 80.4. The number of hydrogen-bond donors (Lipinski definition) is 0. The molecule has 0 aromatic heterocycles. The summed E-state index contributed by atoms with van der Waals surface area (Å²) in [4.78, 5) is 9.31. The van der Waals surface area contributed by atoms with Crippen LogP contribution in [0.3, 0.4) is 0 Å². The maximum absolute atomic E-state index is 6.23. The first-order valence-electron chi connectivity index (χ1n) is 5.24. The second-order valence-corrected chi connectivity index (χ2v) is 2.65. The van der Waals surface area contributed by atoms with Gasteiger partial charge in [-0.25, -0.2) is 19.7 Å². The molecule has 0 bridgehead atoms. The van der Waals surface area contributed by atoms with E-state index in [0.29, 0.717) is 19.6 Å².